The van der Waals surface area contributed by atoms with Crippen LogP contribution in [0.2, 0.25) is 0 Å². The van der Waals surface area contributed by atoms with Crippen molar-refractivity contribution >= 4 is 11.6 Å². The lowest BCUT2D eigenvalue weighted by Gasteiger charge is -2.11. The van der Waals surface area contributed by atoms with Gasteiger partial charge in [-0.3, -0.25) is 9.78 Å². The lowest BCUT2D eigenvalue weighted by molar-refractivity contribution is 0.102. The third-order valence-electron chi connectivity index (χ3n) is 4.15. The molecule has 0 radical (unpaired) electrons. The molecule has 1 amide bonds. The number of phenols is 1. The van der Waals surface area contributed by atoms with Gasteiger partial charge >= 0.3 is 0 Å². The molecule has 0 aliphatic carbocycles. The molecule has 0 spiro atoms. The quantitative estimate of drug-likeness (QED) is 0.686. The van der Waals surface area contributed by atoms with Crippen molar-refractivity contribution in [2.75, 3.05) is 12.4 Å². The molecule has 2 aromatic carbocycles. The van der Waals surface area contributed by atoms with E-state index in [0.29, 0.717) is 11.3 Å². The van der Waals surface area contributed by atoms with Crippen LogP contribution in [0, 0.1) is 13.8 Å². The minimum Gasteiger partial charge on any atom is -0.504 e. The van der Waals surface area contributed by atoms with Crippen molar-refractivity contribution in [2.45, 2.75) is 21.3 Å². The number of carbonyl (C=O) groups is 1. The van der Waals surface area contributed by atoms with Crippen molar-refractivity contribution in [1.82, 2.24) is 4.98 Å². The zero-order valence-corrected chi connectivity index (χ0v) is 14.9. The number of ether oxygens (including phenoxy) is 1. The van der Waals surface area contributed by atoms with Crippen LogP contribution >= 0.6 is 0 Å². The van der Waals surface area contributed by atoms with Crippen molar-refractivity contribution in [1.29, 1.82) is 0 Å². The molecular weight excluding hydrogens is 340 g/mol. The number of rotatable bonds is 4. The maximum Gasteiger partial charge on any atom is 0.257 e. The first-order chi connectivity index (χ1) is 12.5. The number of hydrogen-bond donors (Lipinski definition) is 2. The Hall–Kier alpha value is -3.34. The Morgan fingerprint density at radius 2 is 1.81 bits per heavy atom. The summed E-state index contributed by atoms with van der Waals surface area (Å²) in [7, 11) is 1.49. The number of amides is 1. The highest BCUT2D eigenvalue weighted by atomic mass is 16.5. The van der Waals surface area contributed by atoms with E-state index < -0.39 is 0 Å². The van der Waals surface area contributed by atoms with Gasteiger partial charge in [0.2, 0.25) is 0 Å². The summed E-state index contributed by atoms with van der Waals surface area (Å²) in [5, 5.41) is 12.7. The molecule has 2 N–H and O–H groups in total. The highest BCUT2D eigenvalue weighted by Gasteiger charge is 2.11. The second-order valence-corrected chi connectivity index (χ2v) is 6.12. The highest BCUT2D eigenvalue weighted by molar-refractivity contribution is 6.05. The Bertz CT molecular complexity index is 968. The first kappa shape index (κ1) is 20.0. The van der Waals surface area contributed by atoms with E-state index in [1.807, 2.05) is 32.0 Å². The first-order valence-electron chi connectivity index (χ1n) is 8.19. The number of aryl methyl sites for hydroxylation is 2. The first-order valence-corrected chi connectivity index (χ1v) is 8.19. The van der Waals surface area contributed by atoms with Gasteiger partial charge in [0.1, 0.15) is 0 Å². The monoisotopic (exact) mass is 364 g/mol. The lowest BCUT2D eigenvalue weighted by Crippen LogP contribution is -2.13. The van der Waals surface area contributed by atoms with Crippen LogP contribution in [0.3, 0.4) is 0 Å². The molecule has 0 fully saturated rings. The van der Waals surface area contributed by atoms with Crippen molar-refractivity contribution < 1.29 is 14.6 Å². The third-order valence-corrected chi connectivity index (χ3v) is 4.15. The van der Waals surface area contributed by atoms with Gasteiger partial charge in [-0.25, -0.2) is 0 Å². The van der Waals surface area contributed by atoms with Gasteiger partial charge in [0.15, 0.2) is 11.5 Å². The van der Waals surface area contributed by atoms with E-state index in [1.54, 1.807) is 30.5 Å². The largest absolute Gasteiger partial charge is 0.504 e. The van der Waals surface area contributed by atoms with Gasteiger partial charge in [0.05, 0.1) is 12.7 Å². The summed E-state index contributed by atoms with van der Waals surface area (Å²) in [6.07, 6.45) is 3.20. The summed E-state index contributed by atoms with van der Waals surface area (Å²) in [5.74, 6) is 0.208. The molecule has 3 rings (SSSR count). The summed E-state index contributed by atoms with van der Waals surface area (Å²) in [4.78, 5) is 16.8. The maximum atomic E-state index is 12.6. The molecule has 5 heteroatoms. The highest BCUT2D eigenvalue weighted by Crippen LogP contribution is 2.31. The summed E-state index contributed by atoms with van der Waals surface area (Å²) < 4.78 is 5.14. The minimum absolute atomic E-state index is 0. The summed E-state index contributed by atoms with van der Waals surface area (Å²) in [5.41, 5.74) is 4.87. The summed E-state index contributed by atoms with van der Waals surface area (Å²) in [6, 6.07) is 12.7. The molecule has 3 aromatic rings. The topological polar surface area (TPSA) is 71.5 Å². The number of benzene rings is 2. The molecule has 0 saturated carbocycles. The van der Waals surface area contributed by atoms with E-state index in [4.69, 9.17) is 4.74 Å². The second kappa shape index (κ2) is 8.36. The predicted octanol–water partition coefficient (Wildman–Crippen LogP) is 4.97. The molecule has 0 unspecified atom stereocenters. The Morgan fingerprint density at radius 1 is 1.04 bits per heavy atom. The van der Waals surface area contributed by atoms with Crippen molar-refractivity contribution in [3.63, 3.8) is 0 Å². The number of pyridine rings is 1. The van der Waals surface area contributed by atoms with Crippen LogP contribution in [-0.4, -0.2) is 23.1 Å². The van der Waals surface area contributed by atoms with E-state index in [-0.39, 0.29) is 19.1 Å². The molecule has 0 saturated heterocycles. The maximum absolute atomic E-state index is 12.6. The van der Waals surface area contributed by atoms with Crippen molar-refractivity contribution in [3.05, 3.63) is 71.5 Å². The fraction of sp³-hybridized carbons (Fsp3) is 0.182. The van der Waals surface area contributed by atoms with Crippen LogP contribution in [0.5, 0.6) is 11.5 Å². The normalized spacial score (nSPS) is 10.0. The Labute approximate surface area is 159 Å². The molecule has 0 aliphatic rings. The van der Waals surface area contributed by atoms with Crippen molar-refractivity contribution in [2.24, 2.45) is 0 Å². The fourth-order valence-corrected chi connectivity index (χ4v) is 2.64. The Balaban J connectivity index is 0.00000261. The van der Waals surface area contributed by atoms with Crippen LogP contribution in [0.15, 0.2) is 54.9 Å². The van der Waals surface area contributed by atoms with Gasteiger partial charge in [-0.1, -0.05) is 25.6 Å². The minimum atomic E-state index is -0.223. The van der Waals surface area contributed by atoms with Crippen LogP contribution in [-0.2, 0) is 0 Å². The number of carbonyl (C=O) groups excluding carboxylic acids is 1. The van der Waals surface area contributed by atoms with Gasteiger partial charge < -0.3 is 15.2 Å². The van der Waals surface area contributed by atoms with Crippen molar-refractivity contribution in [3.8, 4) is 22.6 Å². The molecule has 0 bridgehead atoms. The van der Waals surface area contributed by atoms with Gasteiger partial charge in [-0.15, -0.1) is 0 Å². The van der Waals surface area contributed by atoms with Crippen LogP contribution < -0.4 is 10.1 Å². The number of phenolic OH excluding ortho intramolecular Hbond substituents is 1. The van der Waals surface area contributed by atoms with Crippen LogP contribution in [0.4, 0.5) is 5.69 Å². The smallest absolute Gasteiger partial charge is 0.257 e. The van der Waals surface area contributed by atoms with E-state index in [0.717, 1.165) is 27.9 Å². The molecule has 27 heavy (non-hydrogen) atoms. The summed E-state index contributed by atoms with van der Waals surface area (Å²) in [6.45, 7) is 3.93. The number of nitrogens with one attached hydrogen (secondary N) is 1. The fourth-order valence-electron chi connectivity index (χ4n) is 2.64. The van der Waals surface area contributed by atoms with E-state index >= 15 is 0 Å². The summed E-state index contributed by atoms with van der Waals surface area (Å²) >= 11 is 0. The molecule has 1 aromatic heterocycles. The Kier molecular flexibility index (Phi) is 6.19. The lowest BCUT2D eigenvalue weighted by atomic mass is 10.0. The molecule has 0 aliphatic heterocycles. The number of hydrogen-bond acceptors (Lipinski definition) is 4. The molecular formula is C22H24N2O3. The van der Waals surface area contributed by atoms with Gasteiger partial charge in [-0.2, -0.15) is 0 Å². The van der Waals surface area contributed by atoms with Gasteiger partial charge in [0, 0.05) is 23.6 Å². The standard InChI is InChI=1S/C21H20N2O3.CH4/c1-13-4-5-14(2)18(8-13)23-21(25)17-9-16(11-22-12-17)15-6-7-19(24)20(10-15)26-3;/h4-12,24H,1-3H3,(H,23,25);1H4. The second-order valence-electron chi connectivity index (χ2n) is 6.12. The Morgan fingerprint density at radius 3 is 2.56 bits per heavy atom. The number of aromatic hydroxyl groups is 1. The van der Waals surface area contributed by atoms with Crippen LogP contribution in [0.1, 0.15) is 28.9 Å². The zero-order valence-electron chi connectivity index (χ0n) is 14.9. The van der Waals surface area contributed by atoms with E-state index in [9.17, 15) is 9.90 Å². The molecule has 5 nitrogen and oxygen atoms in total. The number of nitrogens with zero attached hydrogens (tertiary/aromatic N) is 1. The molecule has 0 atom stereocenters. The molecule has 140 valence electrons. The van der Waals surface area contributed by atoms with Gasteiger partial charge in [-0.05, 0) is 54.8 Å². The predicted molar refractivity (Wildman–Crippen MR) is 108 cm³/mol. The SMILES string of the molecule is C.COc1cc(-c2cncc(C(=O)Nc3cc(C)ccc3C)c2)ccc1O. The number of aromatic nitrogens is 1. The average Bonchev–Trinajstić information content (AvgIpc) is 2.65. The van der Waals surface area contributed by atoms with E-state index in [2.05, 4.69) is 10.3 Å². The average molecular weight is 364 g/mol. The third kappa shape index (κ3) is 4.44. The molecule has 1 heterocycles. The number of anilines is 1. The van der Waals surface area contributed by atoms with Gasteiger partial charge in [0.25, 0.3) is 5.91 Å². The number of methoxy groups -OCH3 is 1. The van der Waals surface area contributed by atoms with Crippen LogP contribution in [0.25, 0.3) is 11.1 Å². The zero-order chi connectivity index (χ0) is 18.7. The van der Waals surface area contributed by atoms with E-state index in [1.165, 1.54) is 13.3 Å².